The lowest BCUT2D eigenvalue weighted by Gasteiger charge is -2.49. The molecule has 3 nitrogen and oxygen atoms in total. The largest absolute Gasteiger partial charge is 0.419 e. The third kappa shape index (κ3) is 3.02. The normalized spacial score (nSPS) is 18.3. The minimum Gasteiger partial charge on any atom is -0.352 e. The van der Waals surface area contributed by atoms with Gasteiger partial charge in [-0.3, -0.25) is 0 Å². The Kier molecular flexibility index (Phi) is 3.79. The SMILES string of the molecule is CCCC1(N)CN(c2ncc(Br)cc2C(F)(F)F)C1. The minimum atomic E-state index is -4.41. The van der Waals surface area contributed by atoms with Gasteiger partial charge in [0.25, 0.3) is 0 Å². The molecular weight excluding hydrogens is 323 g/mol. The van der Waals surface area contributed by atoms with Crippen LogP contribution < -0.4 is 10.6 Å². The highest BCUT2D eigenvalue weighted by Gasteiger charge is 2.43. The molecule has 1 aromatic heterocycles. The molecule has 1 fully saturated rings. The molecule has 0 aromatic carbocycles. The van der Waals surface area contributed by atoms with Crippen molar-refractivity contribution in [1.82, 2.24) is 4.98 Å². The van der Waals surface area contributed by atoms with Gasteiger partial charge in [0.05, 0.1) is 11.1 Å². The molecule has 1 aromatic rings. The first kappa shape index (κ1) is 14.6. The number of alkyl halides is 3. The summed E-state index contributed by atoms with van der Waals surface area (Å²) in [5.41, 5.74) is 4.97. The first-order valence-electron chi connectivity index (χ1n) is 6.02. The first-order valence-corrected chi connectivity index (χ1v) is 6.81. The van der Waals surface area contributed by atoms with E-state index in [9.17, 15) is 13.2 Å². The number of rotatable bonds is 3. The summed E-state index contributed by atoms with van der Waals surface area (Å²) in [7, 11) is 0. The van der Waals surface area contributed by atoms with Crippen LogP contribution in [0.4, 0.5) is 19.0 Å². The number of halogens is 4. The van der Waals surface area contributed by atoms with Gasteiger partial charge in [-0.05, 0) is 28.4 Å². The van der Waals surface area contributed by atoms with Gasteiger partial charge in [-0.25, -0.2) is 4.98 Å². The molecule has 0 saturated carbocycles. The molecule has 2 rings (SSSR count). The van der Waals surface area contributed by atoms with Gasteiger partial charge in [-0.15, -0.1) is 0 Å². The number of pyridine rings is 1. The van der Waals surface area contributed by atoms with Crippen molar-refractivity contribution in [2.75, 3.05) is 18.0 Å². The van der Waals surface area contributed by atoms with Crippen LogP contribution in [0.25, 0.3) is 0 Å². The van der Waals surface area contributed by atoms with E-state index in [2.05, 4.69) is 20.9 Å². The molecule has 0 unspecified atom stereocenters. The number of anilines is 1. The number of aromatic nitrogens is 1. The molecule has 1 aliphatic heterocycles. The number of hydrogen-bond donors (Lipinski definition) is 1. The lowest BCUT2D eigenvalue weighted by atomic mass is 9.86. The minimum absolute atomic E-state index is 0.0344. The van der Waals surface area contributed by atoms with E-state index in [1.807, 2.05) is 6.92 Å². The summed E-state index contributed by atoms with van der Waals surface area (Å²) in [6.45, 7) is 2.84. The standard InChI is InChI=1S/C12H15BrF3N3/c1-2-3-11(17)6-19(7-11)10-9(12(14,15)16)4-8(13)5-18-10/h4-5H,2-3,6-7,17H2,1H3. The van der Waals surface area contributed by atoms with Crippen LogP contribution in [0, 0.1) is 0 Å². The Bertz CT molecular complexity index is 470. The maximum atomic E-state index is 13.0. The zero-order valence-corrected chi connectivity index (χ0v) is 12.1. The molecule has 0 spiro atoms. The van der Waals surface area contributed by atoms with Gasteiger partial charge in [0.2, 0.25) is 0 Å². The summed E-state index contributed by atoms with van der Waals surface area (Å²) in [6, 6.07) is 1.05. The molecular formula is C12H15BrF3N3. The van der Waals surface area contributed by atoms with Crippen LogP contribution >= 0.6 is 15.9 Å². The molecule has 7 heteroatoms. The Morgan fingerprint density at radius 3 is 2.63 bits per heavy atom. The van der Waals surface area contributed by atoms with Gasteiger partial charge in [-0.2, -0.15) is 13.2 Å². The maximum absolute atomic E-state index is 13.0. The lowest BCUT2D eigenvalue weighted by molar-refractivity contribution is -0.137. The third-order valence-electron chi connectivity index (χ3n) is 3.20. The topological polar surface area (TPSA) is 42.1 Å². The molecule has 19 heavy (non-hydrogen) atoms. The molecule has 0 amide bonds. The van der Waals surface area contributed by atoms with Crippen molar-refractivity contribution < 1.29 is 13.2 Å². The summed E-state index contributed by atoms with van der Waals surface area (Å²) >= 11 is 3.02. The van der Waals surface area contributed by atoms with E-state index in [0.717, 1.165) is 18.9 Å². The Balaban J connectivity index is 2.23. The van der Waals surface area contributed by atoms with Gasteiger partial charge < -0.3 is 10.6 Å². The van der Waals surface area contributed by atoms with Gasteiger partial charge in [0.1, 0.15) is 5.82 Å². The molecule has 1 aliphatic rings. The van der Waals surface area contributed by atoms with Crippen LogP contribution in [-0.2, 0) is 6.18 Å². The first-order chi connectivity index (χ1) is 8.75. The Morgan fingerprint density at radius 2 is 2.11 bits per heavy atom. The zero-order valence-electron chi connectivity index (χ0n) is 10.5. The molecule has 0 atom stereocenters. The number of nitrogens with two attached hydrogens (primary N) is 1. The van der Waals surface area contributed by atoms with Crippen molar-refractivity contribution in [3.05, 3.63) is 22.3 Å². The van der Waals surface area contributed by atoms with Crippen molar-refractivity contribution in [3.8, 4) is 0 Å². The van der Waals surface area contributed by atoms with E-state index >= 15 is 0 Å². The van der Waals surface area contributed by atoms with Crippen LogP contribution in [0.5, 0.6) is 0 Å². The van der Waals surface area contributed by atoms with Crippen LogP contribution in [0.1, 0.15) is 25.3 Å². The fourth-order valence-corrected chi connectivity index (χ4v) is 2.74. The molecule has 2 heterocycles. The molecule has 0 aliphatic carbocycles. The van der Waals surface area contributed by atoms with Crippen molar-refractivity contribution >= 4 is 21.7 Å². The van der Waals surface area contributed by atoms with Gasteiger partial charge in [0.15, 0.2) is 0 Å². The second-order valence-electron chi connectivity index (χ2n) is 4.99. The van der Waals surface area contributed by atoms with E-state index in [1.54, 1.807) is 4.90 Å². The van der Waals surface area contributed by atoms with Crippen LogP contribution in [0.2, 0.25) is 0 Å². The van der Waals surface area contributed by atoms with Gasteiger partial charge in [0, 0.05) is 23.8 Å². The fourth-order valence-electron chi connectivity index (χ4n) is 2.41. The number of nitrogens with zero attached hydrogens (tertiary/aromatic N) is 2. The van der Waals surface area contributed by atoms with Gasteiger partial charge in [-0.1, -0.05) is 13.3 Å². The number of hydrogen-bond acceptors (Lipinski definition) is 3. The maximum Gasteiger partial charge on any atom is 0.419 e. The molecule has 106 valence electrons. The van der Waals surface area contributed by atoms with Crippen molar-refractivity contribution in [2.45, 2.75) is 31.5 Å². The van der Waals surface area contributed by atoms with Crippen molar-refractivity contribution in [3.63, 3.8) is 0 Å². The zero-order chi connectivity index (χ0) is 14.3. The predicted octanol–water partition coefficient (Wildman–Crippen LogP) is 3.18. The quantitative estimate of drug-likeness (QED) is 0.921. The van der Waals surface area contributed by atoms with E-state index in [4.69, 9.17) is 5.73 Å². The van der Waals surface area contributed by atoms with E-state index in [-0.39, 0.29) is 11.4 Å². The highest BCUT2D eigenvalue weighted by Crippen LogP contribution is 2.39. The summed E-state index contributed by atoms with van der Waals surface area (Å²) in [5, 5.41) is 0. The van der Waals surface area contributed by atoms with E-state index in [1.165, 1.54) is 6.20 Å². The lowest BCUT2D eigenvalue weighted by Crippen LogP contribution is -2.67. The van der Waals surface area contributed by atoms with Crippen molar-refractivity contribution in [2.24, 2.45) is 5.73 Å². The summed E-state index contributed by atoms with van der Waals surface area (Å²) in [5.74, 6) is -0.0344. The second-order valence-corrected chi connectivity index (χ2v) is 5.91. The molecule has 0 radical (unpaired) electrons. The molecule has 0 bridgehead atoms. The van der Waals surface area contributed by atoms with E-state index < -0.39 is 11.7 Å². The van der Waals surface area contributed by atoms with Gasteiger partial charge >= 0.3 is 6.18 Å². The Labute approximate surface area is 118 Å². The predicted molar refractivity (Wildman–Crippen MR) is 71.0 cm³/mol. The second kappa shape index (κ2) is 4.94. The molecule has 1 saturated heterocycles. The smallest absolute Gasteiger partial charge is 0.352 e. The summed E-state index contributed by atoms with van der Waals surface area (Å²) in [6.07, 6.45) is -1.31. The van der Waals surface area contributed by atoms with Crippen LogP contribution in [-0.4, -0.2) is 23.6 Å². The fraction of sp³-hybridized carbons (Fsp3) is 0.583. The molecule has 2 N–H and O–H groups in total. The monoisotopic (exact) mass is 337 g/mol. The summed E-state index contributed by atoms with van der Waals surface area (Å²) < 4.78 is 39.2. The average Bonchev–Trinajstić information content (AvgIpc) is 2.25. The highest BCUT2D eigenvalue weighted by atomic mass is 79.9. The third-order valence-corrected chi connectivity index (χ3v) is 3.63. The summed E-state index contributed by atoms with van der Waals surface area (Å²) in [4.78, 5) is 5.48. The van der Waals surface area contributed by atoms with E-state index in [0.29, 0.717) is 17.6 Å². The highest BCUT2D eigenvalue weighted by molar-refractivity contribution is 9.10. The Morgan fingerprint density at radius 1 is 1.47 bits per heavy atom. The van der Waals surface area contributed by atoms with Crippen LogP contribution in [0.15, 0.2) is 16.7 Å². The van der Waals surface area contributed by atoms with Crippen LogP contribution in [0.3, 0.4) is 0 Å². The Hall–Kier alpha value is -0.820. The average molecular weight is 338 g/mol. The van der Waals surface area contributed by atoms with Crippen molar-refractivity contribution in [1.29, 1.82) is 0 Å².